The first kappa shape index (κ1) is 13.6. The first-order valence-corrected chi connectivity index (χ1v) is 6.61. The lowest BCUT2D eigenvalue weighted by Crippen LogP contribution is -2.04. The van der Waals surface area contributed by atoms with Gasteiger partial charge >= 0.3 is 0 Å². The van der Waals surface area contributed by atoms with Crippen molar-refractivity contribution in [2.45, 2.75) is 26.8 Å². The Morgan fingerprint density at radius 3 is 2.79 bits per heavy atom. The van der Waals surface area contributed by atoms with Crippen LogP contribution in [0.1, 0.15) is 23.9 Å². The second-order valence-electron chi connectivity index (χ2n) is 4.53. The molecule has 0 spiro atoms. The summed E-state index contributed by atoms with van der Waals surface area (Å²) in [5.41, 5.74) is 3.23. The molecule has 1 aromatic heterocycles. The summed E-state index contributed by atoms with van der Waals surface area (Å²) >= 11 is 0. The van der Waals surface area contributed by atoms with Crippen LogP contribution in [0.3, 0.4) is 0 Å². The quantitative estimate of drug-likeness (QED) is 0.889. The Hall–Kier alpha value is -1.87. The Morgan fingerprint density at radius 2 is 2.05 bits per heavy atom. The molecule has 0 atom stereocenters. The highest BCUT2D eigenvalue weighted by atomic mass is 16.5. The zero-order valence-electron chi connectivity index (χ0n) is 11.7. The van der Waals surface area contributed by atoms with E-state index in [1.165, 1.54) is 5.56 Å². The molecule has 1 heterocycles. The third-order valence-electron chi connectivity index (χ3n) is 2.91. The van der Waals surface area contributed by atoms with E-state index in [1.54, 1.807) is 0 Å². The third-order valence-corrected chi connectivity index (χ3v) is 2.91. The maximum absolute atomic E-state index is 5.95. The number of aryl methyl sites for hydroxylation is 2. The van der Waals surface area contributed by atoms with Gasteiger partial charge in [0, 0.05) is 12.2 Å². The minimum Gasteiger partial charge on any atom is -0.455 e. The molecular formula is C16H20N2O. The average molecular weight is 256 g/mol. The maximum Gasteiger partial charge on any atom is 0.148 e. The molecule has 1 N–H and O–H groups in total. The number of hydrogen-bond donors (Lipinski definition) is 1. The van der Waals surface area contributed by atoms with Crippen molar-refractivity contribution in [1.29, 1.82) is 0 Å². The molecule has 0 saturated carbocycles. The van der Waals surface area contributed by atoms with E-state index < -0.39 is 0 Å². The number of benzene rings is 1. The van der Waals surface area contributed by atoms with E-state index in [2.05, 4.69) is 29.4 Å². The minimum atomic E-state index is 0.837. The van der Waals surface area contributed by atoms with E-state index >= 15 is 0 Å². The molecule has 0 aliphatic rings. The van der Waals surface area contributed by atoms with Crippen molar-refractivity contribution in [1.82, 2.24) is 10.3 Å². The van der Waals surface area contributed by atoms with E-state index in [1.807, 2.05) is 38.2 Å². The molecule has 0 aliphatic carbocycles. The summed E-state index contributed by atoms with van der Waals surface area (Å²) in [6, 6.07) is 12.1. The minimum absolute atomic E-state index is 0.837. The van der Waals surface area contributed by atoms with E-state index in [0.29, 0.717) is 0 Å². The molecular weight excluding hydrogens is 236 g/mol. The summed E-state index contributed by atoms with van der Waals surface area (Å²) in [5.74, 6) is 1.70. The van der Waals surface area contributed by atoms with Gasteiger partial charge in [0.2, 0.25) is 0 Å². The van der Waals surface area contributed by atoms with Crippen molar-refractivity contribution in [3.63, 3.8) is 0 Å². The first-order valence-electron chi connectivity index (χ1n) is 6.61. The summed E-state index contributed by atoms with van der Waals surface area (Å²) in [6.07, 6.45) is 0.868. The largest absolute Gasteiger partial charge is 0.455 e. The standard InChI is InChI=1S/C16H20N2O/c1-4-15-16(9-8-12(2)18-15)19-14-7-5-6-13(10-14)11-17-3/h5-10,17H,4,11H2,1-3H3. The number of aromatic nitrogens is 1. The highest BCUT2D eigenvalue weighted by molar-refractivity contribution is 5.36. The van der Waals surface area contributed by atoms with Crippen LogP contribution >= 0.6 is 0 Å². The van der Waals surface area contributed by atoms with Crippen LogP contribution in [-0.4, -0.2) is 12.0 Å². The molecule has 100 valence electrons. The molecule has 0 radical (unpaired) electrons. The highest BCUT2D eigenvalue weighted by Gasteiger charge is 2.05. The van der Waals surface area contributed by atoms with Crippen molar-refractivity contribution in [3.05, 3.63) is 53.3 Å². The fraction of sp³-hybridized carbons (Fsp3) is 0.312. The van der Waals surface area contributed by atoms with Gasteiger partial charge in [0.1, 0.15) is 11.5 Å². The predicted molar refractivity (Wildman–Crippen MR) is 77.6 cm³/mol. The molecule has 3 nitrogen and oxygen atoms in total. The van der Waals surface area contributed by atoms with Crippen LogP contribution in [0.4, 0.5) is 0 Å². The van der Waals surface area contributed by atoms with Gasteiger partial charge in [-0.1, -0.05) is 19.1 Å². The molecule has 2 aromatic rings. The summed E-state index contributed by atoms with van der Waals surface area (Å²) < 4.78 is 5.95. The molecule has 1 aromatic carbocycles. The molecule has 19 heavy (non-hydrogen) atoms. The molecule has 3 heteroatoms. The molecule has 0 bridgehead atoms. The van der Waals surface area contributed by atoms with Crippen LogP contribution in [0.15, 0.2) is 36.4 Å². The first-order chi connectivity index (χ1) is 9.22. The number of pyridine rings is 1. The molecule has 0 saturated heterocycles. The van der Waals surface area contributed by atoms with Crippen molar-refractivity contribution in [2.75, 3.05) is 7.05 Å². The monoisotopic (exact) mass is 256 g/mol. The van der Waals surface area contributed by atoms with Crippen LogP contribution in [0.5, 0.6) is 11.5 Å². The average Bonchev–Trinajstić information content (AvgIpc) is 2.41. The molecule has 0 amide bonds. The van der Waals surface area contributed by atoms with Crippen molar-refractivity contribution < 1.29 is 4.74 Å². The van der Waals surface area contributed by atoms with Gasteiger partial charge in [-0.05, 0) is 50.2 Å². The van der Waals surface area contributed by atoms with Crippen molar-refractivity contribution >= 4 is 0 Å². The van der Waals surface area contributed by atoms with E-state index in [-0.39, 0.29) is 0 Å². The van der Waals surface area contributed by atoms with Crippen LogP contribution in [0.2, 0.25) is 0 Å². The molecule has 0 fully saturated rings. The van der Waals surface area contributed by atoms with E-state index in [4.69, 9.17) is 4.74 Å². The second kappa shape index (κ2) is 6.34. The molecule has 0 aliphatic heterocycles. The number of hydrogen-bond acceptors (Lipinski definition) is 3. The molecule has 0 unspecified atom stereocenters. The number of nitrogens with zero attached hydrogens (tertiary/aromatic N) is 1. The van der Waals surface area contributed by atoms with E-state index in [0.717, 1.165) is 35.9 Å². The predicted octanol–water partition coefficient (Wildman–Crippen LogP) is 3.46. The SMILES string of the molecule is CCc1nc(C)ccc1Oc1cccc(CNC)c1. The Balaban J connectivity index is 2.23. The van der Waals surface area contributed by atoms with Gasteiger partial charge in [-0.15, -0.1) is 0 Å². The number of rotatable bonds is 5. The van der Waals surface area contributed by atoms with Gasteiger partial charge in [0.05, 0.1) is 5.69 Å². The van der Waals surface area contributed by atoms with Crippen LogP contribution in [0, 0.1) is 6.92 Å². The molecule has 2 rings (SSSR count). The van der Waals surface area contributed by atoms with Gasteiger partial charge in [-0.3, -0.25) is 4.98 Å². The van der Waals surface area contributed by atoms with E-state index in [9.17, 15) is 0 Å². The maximum atomic E-state index is 5.95. The fourth-order valence-corrected chi connectivity index (χ4v) is 1.99. The van der Waals surface area contributed by atoms with Crippen molar-refractivity contribution in [2.24, 2.45) is 0 Å². The number of nitrogens with one attached hydrogen (secondary N) is 1. The lowest BCUT2D eigenvalue weighted by Gasteiger charge is -2.11. The summed E-state index contributed by atoms with van der Waals surface area (Å²) in [6.45, 7) is 4.92. The third kappa shape index (κ3) is 3.55. The van der Waals surface area contributed by atoms with Crippen LogP contribution in [0.25, 0.3) is 0 Å². The zero-order chi connectivity index (χ0) is 13.7. The Kier molecular flexibility index (Phi) is 4.53. The van der Waals surface area contributed by atoms with Crippen LogP contribution in [-0.2, 0) is 13.0 Å². The Bertz CT molecular complexity index is 552. The van der Waals surface area contributed by atoms with Gasteiger partial charge in [0.25, 0.3) is 0 Å². The summed E-state index contributed by atoms with van der Waals surface area (Å²) in [7, 11) is 1.94. The topological polar surface area (TPSA) is 34.1 Å². The second-order valence-corrected chi connectivity index (χ2v) is 4.53. The Morgan fingerprint density at radius 1 is 1.21 bits per heavy atom. The zero-order valence-corrected chi connectivity index (χ0v) is 11.7. The summed E-state index contributed by atoms with van der Waals surface area (Å²) in [5, 5.41) is 3.14. The number of ether oxygens (including phenoxy) is 1. The summed E-state index contributed by atoms with van der Waals surface area (Å²) in [4.78, 5) is 4.51. The van der Waals surface area contributed by atoms with Gasteiger partial charge < -0.3 is 10.1 Å². The normalized spacial score (nSPS) is 10.5. The highest BCUT2D eigenvalue weighted by Crippen LogP contribution is 2.25. The van der Waals surface area contributed by atoms with Crippen LogP contribution < -0.4 is 10.1 Å². The smallest absolute Gasteiger partial charge is 0.148 e. The van der Waals surface area contributed by atoms with Gasteiger partial charge in [0.15, 0.2) is 0 Å². The van der Waals surface area contributed by atoms with Crippen molar-refractivity contribution in [3.8, 4) is 11.5 Å². The fourth-order valence-electron chi connectivity index (χ4n) is 1.99. The Labute approximate surface area is 114 Å². The lowest BCUT2D eigenvalue weighted by atomic mass is 10.2. The van der Waals surface area contributed by atoms with Gasteiger partial charge in [-0.25, -0.2) is 0 Å². The lowest BCUT2D eigenvalue weighted by molar-refractivity contribution is 0.472. The van der Waals surface area contributed by atoms with Gasteiger partial charge in [-0.2, -0.15) is 0 Å².